The average molecular weight is 291 g/mol. The Bertz CT molecular complexity index is 470. The lowest BCUT2D eigenvalue weighted by molar-refractivity contribution is -0.126. The van der Waals surface area contributed by atoms with Gasteiger partial charge in [0, 0.05) is 12.0 Å². The molecule has 6 nitrogen and oxygen atoms in total. The van der Waals surface area contributed by atoms with E-state index in [1.165, 1.54) is 0 Å². The second-order valence-corrected chi connectivity index (χ2v) is 5.26. The van der Waals surface area contributed by atoms with E-state index in [1.54, 1.807) is 0 Å². The van der Waals surface area contributed by atoms with Crippen LogP contribution >= 0.6 is 0 Å². The van der Waals surface area contributed by atoms with Crippen LogP contribution in [0.3, 0.4) is 0 Å². The van der Waals surface area contributed by atoms with Crippen LogP contribution in [0, 0.1) is 5.92 Å². The SMILES string of the molecule is NNC(=O)C1CCC(NC(=O)OCc2ccccc2)CC1. The number of amides is 2. The van der Waals surface area contributed by atoms with E-state index in [-0.39, 0.29) is 24.5 Å². The van der Waals surface area contributed by atoms with E-state index >= 15 is 0 Å². The first-order valence-electron chi connectivity index (χ1n) is 7.16. The number of carbonyl (C=O) groups excluding carboxylic acids is 2. The third-order valence-corrected chi connectivity index (χ3v) is 3.77. The lowest BCUT2D eigenvalue weighted by Crippen LogP contribution is -2.42. The molecule has 0 spiro atoms. The van der Waals surface area contributed by atoms with Crippen LogP contribution in [0.25, 0.3) is 0 Å². The second-order valence-electron chi connectivity index (χ2n) is 5.26. The maximum Gasteiger partial charge on any atom is 0.407 e. The molecule has 0 saturated heterocycles. The van der Waals surface area contributed by atoms with E-state index in [9.17, 15) is 9.59 Å². The molecule has 1 aliphatic carbocycles. The van der Waals surface area contributed by atoms with Gasteiger partial charge in [0.05, 0.1) is 0 Å². The highest BCUT2D eigenvalue weighted by molar-refractivity contribution is 5.78. The highest BCUT2D eigenvalue weighted by Crippen LogP contribution is 2.24. The van der Waals surface area contributed by atoms with E-state index in [4.69, 9.17) is 10.6 Å². The van der Waals surface area contributed by atoms with E-state index in [1.807, 2.05) is 30.3 Å². The molecule has 0 atom stereocenters. The number of ether oxygens (including phenoxy) is 1. The Kier molecular flexibility index (Phi) is 5.57. The molecule has 1 aromatic carbocycles. The molecular weight excluding hydrogens is 270 g/mol. The summed E-state index contributed by atoms with van der Waals surface area (Å²) in [5, 5.41) is 2.84. The predicted molar refractivity (Wildman–Crippen MR) is 77.8 cm³/mol. The molecule has 6 heteroatoms. The zero-order chi connectivity index (χ0) is 15.1. The van der Waals surface area contributed by atoms with Gasteiger partial charge < -0.3 is 10.1 Å². The van der Waals surface area contributed by atoms with Crippen molar-refractivity contribution in [2.24, 2.45) is 11.8 Å². The van der Waals surface area contributed by atoms with Gasteiger partial charge in [0.2, 0.25) is 5.91 Å². The lowest BCUT2D eigenvalue weighted by Gasteiger charge is -2.27. The molecule has 0 unspecified atom stereocenters. The summed E-state index contributed by atoms with van der Waals surface area (Å²) in [6.07, 6.45) is 2.57. The van der Waals surface area contributed by atoms with Crippen LogP contribution in [0.1, 0.15) is 31.2 Å². The predicted octanol–water partition coefficient (Wildman–Crippen LogP) is 1.46. The quantitative estimate of drug-likeness (QED) is 0.445. The first-order chi connectivity index (χ1) is 10.2. The van der Waals surface area contributed by atoms with Gasteiger partial charge in [-0.3, -0.25) is 10.2 Å². The zero-order valence-corrected chi connectivity index (χ0v) is 11.9. The van der Waals surface area contributed by atoms with Crippen LogP contribution in [0.5, 0.6) is 0 Å². The fraction of sp³-hybridized carbons (Fsp3) is 0.467. The summed E-state index contributed by atoms with van der Waals surface area (Å²) in [6.45, 7) is 0.262. The van der Waals surface area contributed by atoms with E-state index in [0.29, 0.717) is 0 Å². The van der Waals surface area contributed by atoms with Gasteiger partial charge in [0.1, 0.15) is 6.61 Å². The van der Waals surface area contributed by atoms with Gasteiger partial charge >= 0.3 is 6.09 Å². The van der Waals surface area contributed by atoms with Crippen molar-refractivity contribution in [2.75, 3.05) is 0 Å². The Morgan fingerprint density at radius 2 is 1.81 bits per heavy atom. The van der Waals surface area contributed by atoms with Crippen molar-refractivity contribution < 1.29 is 14.3 Å². The summed E-state index contributed by atoms with van der Waals surface area (Å²) < 4.78 is 5.18. The first-order valence-corrected chi connectivity index (χ1v) is 7.16. The van der Waals surface area contributed by atoms with Gasteiger partial charge in [0.25, 0.3) is 0 Å². The zero-order valence-electron chi connectivity index (χ0n) is 11.9. The molecule has 0 bridgehead atoms. The summed E-state index contributed by atoms with van der Waals surface area (Å²) in [5.41, 5.74) is 3.13. The highest BCUT2D eigenvalue weighted by Gasteiger charge is 2.26. The molecule has 1 aromatic rings. The van der Waals surface area contributed by atoms with Gasteiger partial charge in [-0.05, 0) is 31.2 Å². The fourth-order valence-corrected chi connectivity index (χ4v) is 2.55. The largest absolute Gasteiger partial charge is 0.445 e. The van der Waals surface area contributed by atoms with E-state index < -0.39 is 6.09 Å². The van der Waals surface area contributed by atoms with Crippen LogP contribution in [-0.4, -0.2) is 18.0 Å². The standard InChI is InChI=1S/C15H21N3O3/c16-18-14(19)12-6-8-13(9-7-12)17-15(20)21-10-11-4-2-1-3-5-11/h1-5,12-13H,6-10,16H2,(H,17,20)(H,18,19). The van der Waals surface area contributed by atoms with Gasteiger partial charge in [-0.15, -0.1) is 0 Å². The third kappa shape index (κ3) is 4.75. The molecule has 1 saturated carbocycles. The summed E-state index contributed by atoms with van der Waals surface area (Å²) in [5.74, 6) is 4.95. The number of rotatable bonds is 4. The topological polar surface area (TPSA) is 93.5 Å². The minimum atomic E-state index is -0.412. The van der Waals surface area contributed by atoms with Crippen molar-refractivity contribution in [1.29, 1.82) is 0 Å². The first kappa shape index (κ1) is 15.3. The number of alkyl carbamates (subject to hydrolysis) is 1. The molecule has 0 radical (unpaired) electrons. The molecule has 0 aromatic heterocycles. The Hall–Kier alpha value is -2.08. The number of carbonyl (C=O) groups is 2. The summed E-state index contributed by atoms with van der Waals surface area (Å²) in [7, 11) is 0. The fourth-order valence-electron chi connectivity index (χ4n) is 2.55. The minimum Gasteiger partial charge on any atom is -0.445 e. The average Bonchev–Trinajstić information content (AvgIpc) is 2.54. The molecule has 1 aliphatic rings. The Morgan fingerprint density at radius 1 is 1.14 bits per heavy atom. The van der Waals surface area contributed by atoms with Crippen molar-refractivity contribution in [3.05, 3.63) is 35.9 Å². The molecule has 21 heavy (non-hydrogen) atoms. The summed E-state index contributed by atoms with van der Waals surface area (Å²) >= 11 is 0. The van der Waals surface area contributed by atoms with Crippen molar-refractivity contribution in [3.8, 4) is 0 Å². The molecular formula is C15H21N3O3. The number of hydrogen-bond donors (Lipinski definition) is 3. The highest BCUT2D eigenvalue weighted by atomic mass is 16.5. The van der Waals surface area contributed by atoms with Crippen LogP contribution in [0.4, 0.5) is 4.79 Å². The summed E-state index contributed by atoms with van der Waals surface area (Å²) in [4.78, 5) is 23.1. The van der Waals surface area contributed by atoms with Crippen molar-refractivity contribution in [2.45, 2.75) is 38.3 Å². The van der Waals surface area contributed by atoms with Crippen molar-refractivity contribution >= 4 is 12.0 Å². The maximum absolute atomic E-state index is 11.7. The van der Waals surface area contributed by atoms with Crippen molar-refractivity contribution in [1.82, 2.24) is 10.7 Å². The second kappa shape index (κ2) is 7.64. The Labute approximate surface area is 124 Å². The molecule has 1 fully saturated rings. The van der Waals surface area contributed by atoms with E-state index in [2.05, 4.69) is 10.7 Å². The van der Waals surface area contributed by atoms with E-state index in [0.717, 1.165) is 31.2 Å². The summed E-state index contributed by atoms with van der Waals surface area (Å²) in [6, 6.07) is 9.60. The minimum absolute atomic E-state index is 0.0478. The van der Waals surface area contributed by atoms with Crippen LogP contribution in [0.15, 0.2) is 30.3 Å². The van der Waals surface area contributed by atoms with Crippen LogP contribution in [0.2, 0.25) is 0 Å². The van der Waals surface area contributed by atoms with Crippen LogP contribution in [-0.2, 0) is 16.1 Å². The Balaban J connectivity index is 1.68. The number of hydrazine groups is 1. The van der Waals surface area contributed by atoms with Gasteiger partial charge in [-0.25, -0.2) is 10.6 Å². The molecule has 0 heterocycles. The molecule has 2 amide bonds. The van der Waals surface area contributed by atoms with Gasteiger partial charge in [0.15, 0.2) is 0 Å². The lowest BCUT2D eigenvalue weighted by atomic mass is 9.85. The molecule has 2 rings (SSSR count). The monoisotopic (exact) mass is 291 g/mol. The molecule has 4 N–H and O–H groups in total. The molecule has 0 aliphatic heterocycles. The van der Waals surface area contributed by atoms with Crippen LogP contribution < -0.4 is 16.6 Å². The maximum atomic E-state index is 11.7. The third-order valence-electron chi connectivity index (χ3n) is 3.77. The Morgan fingerprint density at radius 3 is 2.43 bits per heavy atom. The number of nitrogens with two attached hydrogens (primary N) is 1. The number of nitrogens with one attached hydrogen (secondary N) is 2. The smallest absolute Gasteiger partial charge is 0.407 e. The van der Waals surface area contributed by atoms with Gasteiger partial charge in [-0.2, -0.15) is 0 Å². The molecule has 114 valence electrons. The van der Waals surface area contributed by atoms with Crippen molar-refractivity contribution in [3.63, 3.8) is 0 Å². The normalized spacial score (nSPS) is 21.4. The van der Waals surface area contributed by atoms with Gasteiger partial charge in [-0.1, -0.05) is 30.3 Å². The number of hydrogen-bond acceptors (Lipinski definition) is 4. The number of benzene rings is 1.